The summed E-state index contributed by atoms with van der Waals surface area (Å²) >= 11 is 0. The molecule has 1 unspecified atom stereocenters. The minimum atomic E-state index is -0.969. The molecule has 1 atom stereocenters. The van der Waals surface area contributed by atoms with Crippen LogP contribution < -0.4 is 0 Å². The Morgan fingerprint density at radius 3 is 2.47 bits per heavy atom. The first-order valence-electron chi connectivity index (χ1n) is 5.08. The smallest absolute Gasteiger partial charge is 0.466 e. The van der Waals surface area contributed by atoms with Crippen molar-refractivity contribution in [3.8, 4) is 0 Å². The van der Waals surface area contributed by atoms with E-state index in [0.29, 0.717) is 0 Å². The van der Waals surface area contributed by atoms with Crippen molar-refractivity contribution in [2.24, 2.45) is 0 Å². The fourth-order valence-corrected chi connectivity index (χ4v) is 1.11. The monoisotopic (exact) mass is 238 g/mol. The topological polar surface area (TPSA) is 61.8 Å². The second-order valence-electron chi connectivity index (χ2n) is 3.31. The summed E-state index contributed by atoms with van der Waals surface area (Å²) in [4.78, 5) is 22.2. The van der Waals surface area contributed by atoms with Crippen LogP contribution in [0.5, 0.6) is 0 Å². The molecule has 0 amide bonds. The van der Waals surface area contributed by atoms with Crippen LogP contribution in [0.3, 0.4) is 0 Å². The second-order valence-corrected chi connectivity index (χ2v) is 3.31. The minimum absolute atomic E-state index is 0.105. The molecule has 0 bridgehead atoms. The van der Waals surface area contributed by atoms with E-state index in [2.05, 4.69) is 9.47 Å². The van der Waals surface area contributed by atoms with Gasteiger partial charge in [0.05, 0.1) is 7.11 Å². The summed E-state index contributed by atoms with van der Waals surface area (Å²) in [6.45, 7) is 1.52. The van der Waals surface area contributed by atoms with Crippen LogP contribution in [0.2, 0.25) is 0 Å². The highest BCUT2D eigenvalue weighted by Crippen LogP contribution is 2.03. The molecule has 0 aliphatic rings. The Morgan fingerprint density at radius 2 is 1.88 bits per heavy atom. The summed E-state index contributed by atoms with van der Waals surface area (Å²) in [7, 11) is 1.22. The normalized spacial score (nSPS) is 11.4. The fourth-order valence-electron chi connectivity index (χ4n) is 1.11. The summed E-state index contributed by atoms with van der Waals surface area (Å²) in [5, 5.41) is 0. The highest BCUT2D eigenvalue weighted by Gasteiger charge is 2.18. The molecule has 0 spiro atoms. The first-order valence-corrected chi connectivity index (χ1v) is 5.08. The van der Waals surface area contributed by atoms with E-state index in [9.17, 15) is 9.59 Å². The van der Waals surface area contributed by atoms with Crippen molar-refractivity contribution < 1.29 is 23.8 Å². The van der Waals surface area contributed by atoms with Crippen molar-refractivity contribution in [1.29, 1.82) is 0 Å². The Morgan fingerprint density at radius 1 is 1.24 bits per heavy atom. The van der Waals surface area contributed by atoms with Crippen molar-refractivity contribution in [3.05, 3.63) is 35.9 Å². The van der Waals surface area contributed by atoms with Gasteiger partial charge in [0.2, 0.25) is 0 Å². The van der Waals surface area contributed by atoms with Gasteiger partial charge >= 0.3 is 12.1 Å². The number of carbonyl (C=O) groups excluding carboxylic acids is 2. The lowest BCUT2D eigenvalue weighted by Gasteiger charge is -2.10. The largest absolute Gasteiger partial charge is 0.509 e. The van der Waals surface area contributed by atoms with Crippen molar-refractivity contribution in [2.45, 2.75) is 19.6 Å². The average molecular weight is 238 g/mol. The molecule has 1 aromatic carbocycles. The number of rotatable bonds is 4. The van der Waals surface area contributed by atoms with E-state index in [0.717, 1.165) is 5.56 Å². The van der Waals surface area contributed by atoms with Crippen LogP contribution in [-0.2, 0) is 25.6 Å². The van der Waals surface area contributed by atoms with Crippen LogP contribution in [0.25, 0.3) is 0 Å². The van der Waals surface area contributed by atoms with Gasteiger partial charge in [-0.1, -0.05) is 30.3 Å². The lowest BCUT2D eigenvalue weighted by Crippen LogP contribution is -2.25. The van der Waals surface area contributed by atoms with Crippen LogP contribution in [0.4, 0.5) is 4.79 Å². The van der Waals surface area contributed by atoms with E-state index in [1.165, 1.54) is 14.0 Å². The average Bonchev–Trinajstić information content (AvgIpc) is 2.36. The molecule has 0 N–H and O–H groups in total. The van der Waals surface area contributed by atoms with Gasteiger partial charge in [-0.2, -0.15) is 0 Å². The fraction of sp³-hybridized carbons (Fsp3) is 0.333. The van der Waals surface area contributed by atoms with Crippen molar-refractivity contribution >= 4 is 12.1 Å². The standard InChI is InChI=1S/C12H14O5/c1-9(11(13)15-2)17-12(14)16-8-10-6-4-3-5-7-10/h3-7,9H,8H2,1-2H3. The van der Waals surface area contributed by atoms with Crippen LogP contribution in [0.15, 0.2) is 30.3 Å². The highest BCUT2D eigenvalue weighted by atomic mass is 16.7. The number of methoxy groups -OCH3 is 1. The molecule has 0 radical (unpaired) electrons. The van der Waals surface area contributed by atoms with Gasteiger partial charge in [-0.3, -0.25) is 0 Å². The van der Waals surface area contributed by atoms with Crippen LogP contribution >= 0.6 is 0 Å². The van der Waals surface area contributed by atoms with Gasteiger partial charge in [0.25, 0.3) is 0 Å². The zero-order chi connectivity index (χ0) is 12.7. The third kappa shape index (κ3) is 4.55. The quantitative estimate of drug-likeness (QED) is 0.750. The maximum atomic E-state index is 11.2. The predicted octanol–water partition coefficient (Wildman–Crippen LogP) is 1.90. The molecule has 0 saturated carbocycles. The zero-order valence-corrected chi connectivity index (χ0v) is 9.71. The van der Waals surface area contributed by atoms with Crippen LogP contribution in [0, 0.1) is 0 Å². The SMILES string of the molecule is COC(=O)C(C)OC(=O)OCc1ccccc1. The number of carbonyl (C=O) groups is 2. The van der Waals surface area contributed by atoms with Gasteiger partial charge in [0.1, 0.15) is 6.61 Å². The second kappa shape index (κ2) is 6.52. The van der Waals surface area contributed by atoms with Crippen molar-refractivity contribution in [2.75, 3.05) is 7.11 Å². The van der Waals surface area contributed by atoms with Crippen molar-refractivity contribution in [1.82, 2.24) is 0 Å². The molecule has 0 aliphatic heterocycles. The maximum Gasteiger partial charge on any atom is 0.509 e. The van der Waals surface area contributed by atoms with E-state index >= 15 is 0 Å². The first kappa shape index (κ1) is 13.0. The number of ether oxygens (including phenoxy) is 3. The molecule has 0 heterocycles. The molecule has 17 heavy (non-hydrogen) atoms. The van der Waals surface area contributed by atoms with Gasteiger partial charge in [0.15, 0.2) is 6.10 Å². The third-order valence-corrected chi connectivity index (χ3v) is 2.01. The van der Waals surface area contributed by atoms with E-state index in [4.69, 9.17) is 4.74 Å². The maximum absolute atomic E-state index is 11.2. The summed E-state index contributed by atoms with van der Waals surface area (Å²) in [5.41, 5.74) is 0.843. The Hall–Kier alpha value is -2.04. The Balaban J connectivity index is 2.33. The molecule has 0 aromatic heterocycles. The molecule has 92 valence electrons. The molecule has 0 saturated heterocycles. The molecule has 1 rings (SSSR count). The molecule has 5 nitrogen and oxygen atoms in total. The van der Waals surface area contributed by atoms with Crippen LogP contribution in [-0.4, -0.2) is 25.3 Å². The van der Waals surface area contributed by atoms with Crippen LogP contribution in [0.1, 0.15) is 12.5 Å². The number of hydrogen-bond acceptors (Lipinski definition) is 5. The number of esters is 1. The van der Waals surface area contributed by atoms with Gasteiger partial charge < -0.3 is 14.2 Å². The van der Waals surface area contributed by atoms with Gasteiger partial charge in [-0.05, 0) is 12.5 Å². The third-order valence-electron chi connectivity index (χ3n) is 2.01. The van der Waals surface area contributed by atoms with Gasteiger partial charge in [-0.25, -0.2) is 9.59 Å². The predicted molar refractivity (Wildman–Crippen MR) is 59.2 cm³/mol. The van der Waals surface area contributed by atoms with Gasteiger partial charge in [-0.15, -0.1) is 0 Å². The lowest BCUT2D eigenvalue weighted by atomic mass is 10.2. The lowest BCUT2D eigenvalue weighted by molar-refractivity contribution is -0.150. The van der Waals surface area contributed by atoms with E-state index in [1.807, 2.05) is 30.3 Å². The van der Waals surface area contributed by atoms with E-state index in [1.54, 1.807) is 0 Å². The Bertz CT molecular complexity index is 374. The molecular weight excluding hydrogens is 224 g/mol. The van der Waals surface area contributed by atoms with E-state index < -0.39 is 18.2 Å². The summed E-state index contributed by atoms with van der Waals surface area (Å²) in [6.07, 6.45) is -1.87. The highest BCUT2D eigenvalue weighted by molar-refractivity contribution is 5.76. The Kier molecular flexibility index (Phi) is 5.00. The first-order chi connectivity index (χ1) is 8.13. The zero-order valence-electron chi connectivity index (χ0n) is 9.71. The molecule has 5 heteroatoms. The number of benzene rings is 1. The summed E-state index contributed by atoms with van der Waals surface area (Å²) in [6, 6.07) is 9.16. The minimum Gasteiger partial charge on any atom is -0.466 e. The van der Waals surface area contributed by atoms with Gasteiger partial charge in [0, 0.05) is 0 Å². The molecular formula is C12H14O5. The number of hydrogen-bond donors (Lipinski definition) is 0. The molecule has 0 fully saturated rings. The molecule has 0 aliphatic carbocycles. The summed E-state index contributed by atoms with van der Waals surface area (Å²) < 4.78 is 13.9. The Labute approximate surface area is 99.3 Å². The van der Waals surface area contributed by atoms with E-state index in [-0.39, 0.29) is 6.61 Å². The summed E-state index contributed by atoms with van der Waals surface area (Å²) in [5.74, 6) is -0.623. The van der Waals surface area contributed by atoms with Crippen molar-refractivity contribution in [3.63, 3.8) is 0 Å². The molecule has 1 aromatic rings.